The fourth-order valence-electron chi connectivity index (χ4n) is 1.85. The summed E-state index contributed by atoms with van der Waals surface area (Å²) >= 11 is 4.21. The van der Waals surface area contributed by atoms with Crippen LogP contribution in [0.3, 0.4) is 0 Å². The third-order valence-electron chi connectivity index (χ3n) is 3.08. The monoisotopic (exact) mass is 281 g/mol. The number of benzene rings is 1. The van der Waals surface area contributed by atoms with Gasteiger partial charge in [-0.1, -0.05) is 26.0 Å². The lowest BCUT2D eigenvalue weighted by molar-refractivity contribution is -0.120. The lowest BCUT2D eigenvalue weighted by Gasteiger charge is -2.24. The lowest BCUT2D eigenvalue weighted by Crippen LogP contribution is -2.35. The minimum atomic E-state index is 0.0212. The average Bonchev–Trinajstić information content (AvgIpc) is 2.37. The Morgan fingerprint density at radius 1 is 1.32 bits per heavy atom. The van der Waals surface area contributed by atoms with Crippen molar-refractivity contribution >= 4 is 18.5 Å². The summed E-state index contributed by atoms with van der Waals surface area (Å²) in [6, 6.07) is 7.60. The number of carbonyl (C=O) groups excluding carboxylic acids is 1. The molecular formula is C15H23NO2S. The highest BCUT2D eigenvalue weighted by atomic mass is 32.1. The molecule has 0 bridgehead atoms. The number of hydrogen-bond donors (Lipinski definition) is 3. The highest BCUT2D eigenvalue weighted by molar-refractivity contribution is 7.80. The van der Waals surface area contributed by atoms with Crippen LogP contribution in [0.2, 0.25) is 0 Å². The molecule has 0 radical (unpaired) electrons. The van der Waals surface area contributed by atoms with E-state index in [0.29, 0.717) is 13.0 Å². The molecule has 0 saturated carbocycles. The van der Waals surface area contributed by atoms with Gasteiger partial charge < -0.3 is 10.4 Å². The zero-order valence-electron chi connectivity index (χ0n) is 11.6. The quantitative estimate of drug-likeness (QED) is 0.672. The Bertz CT molecular complexity index is 401. The summed E-state index contributed by atoms with van der Waals surface area (Å²) < 4.78 is 0. The molecule has 1 aromatic carbocycles. The van der Waals surface area contributed by atoms with Crippen LogP contribution < -0.4 is 5.32 Å². The summed E-state index contributed by atoms with van der Waals surface area (Å²) in [7, 11) is 0. The zero-order valence-corrected chi connectivity index (χ0v) is 12.5. The summed E-state index contributed by atoms with van der Waals surface area (Å²) in [6.45, 7) is 5.03. The smallest absolute Gasteiger partial charge is 0.224 e. The van der Waals surface area contributed by atoms with Crippen molar-refractivity contribution < 1.29 is 9.90 Å². The Balaban J connectivity index is 2.37. The van der Waals surface area contributed by atoms with Crippen LogP contribution in [0.5, 0.6) is 0 Å². The minimum Gasteiger partial charge on any atom is -0.396 e. The molecule has 4 heteroatoms. The van der Waals surface area contributed by atoms with Crippen LogP contribution in [0.15, 0.2) is 29.2 Å². The highest BCUT2D eigenvalue weighted by Crippen LogP contribution is 2.20. The molecule has 0 saturated heterocycles. The molecule has 19 heavy (non-hydrogen) atoms. The van der Waals surface area contributed by atoms with Crippen molar-refractivity contribution in [3.05, 3.63) is 29.8 Å². The topological polar surface area (TPSA) is 49.3 Å². The molecule has 0 aromatic heterocycles. The summed E-state index contributed by atoms with van der Waals surface area (Å²) in [5.41, 5.74) is 1.01. The van der Waals surface area contributed by atoms with E-state index in [9.17, 15) is 4.79 Å². The largest absolute Gasteiger partial charge is 0.396 e. The predicted molar refractivity (Wildman–Crippen MR) is 80.5 cm³/mol. The minimum absolute atomic E-state index is 0.0212. The summed E-state index contributed by atoms with van der Waals surface area (Å²) in [6.07, 6.45) is 2.06. The molecule has 0 atom stereocenters. The Morgan fingerprint density at radius 3 is 2.53 bits per heavy atom. The van der Waals surface area contributed by atoms with E-state index in [2.05, 4.69) is 31.8 Å². The molecule has 1 amide bonds. The van der Waals surface area contributed by atoms with Crippen molar-refractivity contribution in [1.82, 2.24) is 5.32 Å². The van der Waals surface area contributed by atoms with Crippen LogP contribution in [0.4, 0.5) is 0 Å². The zero-order chi connectivity index (χ0) is 14.3. The molecule has 1 rings (SSSR count). The maximum Gasteiger partial charge on any atom is 0.224 e. The Morgan fingerprint density at radius 2 is 1.95 bits per heavy atom. The van der Waals surface area contributed by atoms with Crippen LogP contribution in [-0.4, -0.2) is 24.2 Å². The van der Waals surface area contributed by atoms with Gasteiger partial charge in [-0.3, -0.25) is 4.79 Å². The number of amides is 1. The molecule has 0 unspecified atom stereocenters. The first-order chi connectivity index (χ1) is 8.93. The van der Waals surface area contributed by atoms with E-state index < -0.39 is 0 Å². The van der Waals surface area contributed by atoms with Gasteiger partial charge in [0, 0.05) is 18.0 Å². The van der Waals surface area contributed by atoms with E-state index in [-0.39, 0.29) is 17.9 Å². The maximum atomic E-state index is 11.8. The van der Waals surface area contributed by atoms with E-state index in [1.165, 1.54) is 0 Å². The van der Waals surface area contributed by atoms with E-state index in [0.717, 1.165) is 23.3 Å². The van der Waals surface area contributed by atoms with Crippen molar-refractivity contribution in [2.45, 2.75) is 38.0 Å². The lowest BCUT2D eigenvalue weighted by atomic mass is 9.88. The summed E-state index contributed by atoms with van der Waals surface area (Å²) in [4.78, 5) is 12.7. The molecule has 0 aliphatic carbocycles. The highest BCUT2D eigenvalue weighted by Gasteiger charge is 2.18. The van der Waals surface area contributed by atoms with Gasteiger partial charge in [-0.2, -0.15) is 0 Å². The third-order valence-corrected chi connectivity index (χ3v) is 3.37. The van der Waals surface area contributed by atoms with Crippen LogP contribution in [0.1, 0.15) is 32.3 Å². The molecule has 0 spiro atoms. The normalized spacial score (nSPS) is 11.4. The van der Waals surface area contributed by atoms with Crippen molar-refractivity contribution in [2.75, 3.05) is 13.2 Å². The van der Waals surface area contributed by atoms with E-state index in [1.807, 2.05) is 24.3 Å². The number of rotatable bonds is 7. The van der Waals surface area contributed by atoms with Crippen molar-refractivity contribution in [3.63, 3.8) is 0 Å². The summed E-state index contributed by atoms with van der Waals surface area (Å²) in [5.74, 6) is 0.0315. The molecular weight excluding hydrogens is 258 g/mol. The molecule has 3 nitrogen and oxygen atoms in total. The van der Waals surface area contributed by atoms with Gasteiger partial charge in [0.05, 0.1) is 6.42 Å². The van der Waals surface area contributed by atoms with Crippen molar-refractivity contribution in [3.8, 4) is 0 Å². The number of hydrogen-bond acceptors (Lipinski definition) is 3. The second-order valence-electron chi connectivity index (χ2n) is 5.61. The van der Waals surface area contributed by atoms with Gasteiger partial charge in [0.1, 0.15) is 0 Å². The standard InChI is InChI=1S/C15H23NO2S/c1-15(2,8-3-9-17)11-16-14(18)10-12-4-6-13(19)7-5-12/h4-7,17,19H,3,8-11H2,1-2H3,(H,16,18). The SMILES string of the molecule is CC(C)(CCCO)CNC(=O)Cc1ccc(S)cc1. The van der Waals surface area contributed by atoms with Crippen LogP contribution in [0.25, 0.3) is 0 Å². The van der Waals surface area contributed by atoms with Gasteiger partial charge in [-0.25, -0.2) is 0 Å². The van der Waals surface area contributed by atoms with E-state index >= 15 is 0 Å². The van der Waals surface area contributed by atoms with Crippen LogP contribution in [0, 0.1) is 5.41 Å². The van der Waals surface area contributed by atoms with Gasteiger partial charge in [0.2, 0.25) is 5.91 Å². The molecule has 2 N–H and O–H groups in total. The second kappa shape index (κ2) is 7.56. The Hall–Kier alpha value is -1.00. The van der Waals surface area contributed by atoms with Gasteiger partial charge >= 0.3 is 0 Å². The Kier molecular flexibility index (Phi) is 6.38. The number of nitrogens with one attached hydrogen (secondary N) is 1. The van der Waals surface area contributed by atoms with E-state index in [1.54, 1.807) is 0 Å². The number of aliphatic hydroxyl groups excluding tert-OH is 1. The van der Waals surface area contributed by atoms with Gasteiger partial charge in [-0.15, -0.1) is 12.6 Å². The number of thiol groups is 1. The second-order valence-corrected chi connectivity index (χ2v) is 6.13. The van der Waals surface area contributed by atoms with Crippen molar-refractivity contribution in [1.29, 1.82) is 0 Å². The first-order valence-corrected chi connectivity index (χ1v) is 7.03. The Labute approximate surface area is 120 Å². The molecule has 0 aliphatic heterocycles. The van der Waals surface area contributed by atoms with Crippen LogP contribution in [-0.2, 0) is 11.2 Å². The first-order valence-electron chi connectivity index (χ1n) is 6.58. The fraction of sp³-hybridized carbons (Fsp3) is 0.533. The average molecular weight is 281 g/mol. The number of carbonyl (C=O) groups is 1. The maximum absolute atomic E-state index is 11.8. The van der Waals surface area contributed by atoms with Gasteiger partial charge in [-0.05, 0) is 36.0 Å². The first kappa shape index (κ1) is 16.1. The molecule has 0 aliphatic rings. The van der Waals surface area contributed by atoms with Gasteiger partial charge in [0.25, 0.3) is 0 Å². The number of aliphatic hydroxyl groups is 1. The van der Waals surface area contributed by atoms with Crippen molar-refractivity contribution in [2.24, 2.45) is 5.41 Å². The third kappa shape index (κ3) is 6.64. The molecule has 0 fully saturated rings. The predicted octanol–water partition coefficient (Wildman–Crippen LogP) is 2.43. The van der Waals surface area contributed by atoms with Gasteiger partial charge in [0.15, 0.2) is 0 Å². The fourth-order valence-corrected chi connectivity index (χ4v) is 1.99. The summed E-state index contributed by atoms with van der Waals surface area (Å²) in [5, 5.41) is 11.8. The van der Waals surface area contributed by atoms with Crippen LogP contribution >= 0.6 is 12.6 Å². The molecule has 1 aromatic rings. The molecule has 106 valence electrons. The molecule has 0 heterocycles. The van der Waals surface area contributed by atoms with E-state index in [4.69, 9.17) is 5.11 Å².